The third-order valence-corrected chi connectivity index (χ3v) is 6.59. The van der Waals surface area contributed by atoms with Crippen LogP contribution >= 0.6 is 0 Å². The van der Waals surface area contributed by atoms with E-state index in [-0.39, 0.29) is 16.8 Å². The maximum atomic E-state index is 12.7. The Labute approximate surface area is 122 Å². The molecule has 0 aromatic heterocycles. The van der Waals surface area contributed by atoms with E-state index in [2.05, 4.69) is 0 Å². The first-order valence-electron chi connectivity index (χ1n) is 7.29. The molecule has 2 saturated heterocycles. The smallest absolute Gasteiger partial charge is 0.319 e. The number of ether oxygens (including phenoxy) is 2. The molecule has 0 amide bonds. The number of hydrogen-bond acceptors (Lipinski definition) is 4. The molecule has 2 aliphatic rings. The van der Waals surface area contributed by atoms with E-state index in [1.165, 1.54) is 0 Å². The first kappa shape index (κ1) is 15.9. The van der Waals surface area contributed by atoms with Gasteiger partial charge in [-0.25, -0.2) is 0 Å². The topological polar surface area (TPSA) is 72.8 Å². The fourth-order valence-corrected chi connectivity index (χ4v) is 5.08. The van der Waals surface area contributed by atoms with Crippen LogP contribution in [0.4, 0.5) is 0 Å². The lowest BCUT2D eigenvalue weighted by atomic mass is 9.86. The van der Waals surface area contributed by atoms with E-state index in [1.54, 1.807) is 0 Å². The highest BCUT2D eigenvalue weighted by Gasteiger charge is 2.43. The summed E-state index contributed by atoms with van der Waals surface area (Å²) < 4.78 is 23.9. The Morgan fingerprint density at radius 3 is 2.50 bits per heavy atom. The van der Waals surface area contributed by atoms with Gasteiger partial charge in [0.25, 0.3) is 0 Å². The zero-order valence-corrected chi connectivity index (χ0v) is 13.0. The van der Waals surface area contributed by atoms with Crippen molar-refractivity contribution in [3.05, 3.63) is 0 Å². The summed E-state index contributed by atoms with van der Waals surface area (Å²) in [6.07, 6.45) is 3.02. The molecule has 2 fully saturated rings. The molecule has 1 N–H and O–H groups in total. The van der Waals surface area contributed by atoms with Crippen LogP contribution in [0.1, 0.15) is 39.5 Å². The quantitative estimate of drug-likeness (QED) is 0.853. The lowest BCUT2D eigenvalue weighted by Gasteiger charge is -2.43. The highest BCUT2D eigenvalue weighted by atomic mass is 32.2. The van der Waals surface area contributed by atoms with Gasteiger partial charge in [0, 0.05) is 35.9 Å². The van der Waals surface area contributed by atoms with Gasteiger partial charge in [-0.2, -0.15) is 0 Å². The molecule has 20 heavy (non-hydrogen) atoms. The van der Waals surface area contributed by atoms with Crippen LogP contribution in [0.3, 0.4) is 0 Å². The molecule has 116 valence electrons. The van der Waals surface area contributed by atoms with Gasteiger partial charge < -0.3 is 14.6 Å². The summed E-state index contributed by atoms with van der Waals surface area (Å²) in [5.74, 6) is -1.08. The highest BCUT2D eigenvalue weighted by molar-refractivity contribution is 7.87. The van der Waals surface area contributed by atoms with Crippen LogP contribution in [0.15, 0.2) is 0 Å². The predicted molar refractivity (Wildman–Crippen MR) is 76.2 cm³/mol. The van der Waals surface area contributed by atoms with Gasteiger partial charge in [-0.15, -0.1) is 0 Å². The Hall–Kier alpha value is -0.460. The number of aliphatic carboxylic acids is 1. The van der Waals surface area contributed by atoms with Crippen LogP contribution in [-0.2, 0) is 25.1 Å². The summed E-state index contributed by atoms with van der Waals surface area (Å²) in [6.45, 7) is 5.55. The molecule has 5 nitrogen and oxygen atoms in total. The Kier molecular flexibility index (Phi) is 5.20. The van der Waals surface area contributed by atoms with Crippen LogP contribution in [0, 0.1) is 5.92 Å². The van der Waals surface area contributed by atoms with E-state index in [9.17, 15) is 14.1 Å². The minimum Gasteiger partial charge on any atom is -0.480 e. The molecule has 0 radical (unpaired) electrons. The minimum atomic E-state index is -1.35. The monoisotopic (exact) mass is 304 g/mol. The van der Waals surface area contributed by atoms with Crippen LogP contribution in [0.25, 0.3) is 0 Å². The summed E-state index contributed by atoms with van der Waals surface area (Å²) in [7, 11) is -1.35. The van der Waals surface area contributed by atoms with Crippen molar-refractivity contribution in [2.45, 2.75) is 55.6 Å². The Balaban J connectivity index is 2.07. The summed E-state index contributed by atoms with van der Waals surface area (Å²) in [5.41, 5.74) is -0.239. The van der Waals surface area contributed by atoms with Crippen molar-refractivity contribution in [3.8, 4) is 0 Å². The number of hydrogen-bond donors (Lipinski definition) is 1. The molecule has 0 aromatic rings. The Bertz CT molecular complexity index is 370. The van der Waals surface area contributed by atoms with Crippen molar-refractivity contribution in [3.63, 3.8) is 0 Å². The lowest BCUT2D eigenvalue weighted by Crippen LogP contribution is -2.49. The van der Waals surface area contributed by atoms with Crippen molar-refractivity contribution in [2.75, 3.05) is 19.8 Å². The molecule has 2 heterocycles. The van der Waals surface area contributed by atoms with Gasteiger partial charge in [-0.1, -0.05) is 13.8 Å². The molecule has 0 aromatic carbocycles. The van der Waals surface area contributed by atoms with Crippen molar-refractivity contribution in [1.82, 2.24) is 0 Å². The average molecular weight is 304 g/mol. The number of carboxylic acid groups (broad SMARTS) is 1. The van der Waals surface area contributed by atoms with E-state index in [0.717, 1.165) is 12.8 Å². The average Bonchev–Trinajstić information content (AvgIpc) is 2.38. The number of carboxylic acids is 1. The van der Waals surface area contributed by atoms with Crippen molar-refractivity contribution >= 4 is 16.8 Å². The van der Waals surface area contributed by atoms with E-state index in [0.29, 0.717) is 32.7 Å². The fraction of sp³-hybridized carbons (Fsp3) is 0.929. The van der Waals surface area contributed by atoms with E-state index in [1.807, 2.05) is 13.8 Å². The lowest BCUT2D eigenvalue weighted by molar-refractivity contribution is -0.138. The number of carbonyl (C=O) groups is 1. The molecule has 3 unspecified atom stereocenters. The first-order chi connectivity index (χ1) is 9.45. The molecule has 6 heteroatoms. The van der Waals surface area contributed by atoms with Gasteiger partial charge in [-0.3, -0.25) is 9.00 Å². The van der Waals surface area contributed by atoms with Crippen molar-refractivity contribution in [2.24, 2.45) is 5.92 Å². The van der Waals surface area contributed by atoms with Gasteiger partial charge in [0.05, 0.1) is 5.60 Å². The molecule has 1 spiro atoms. The summed E-state index contributed by atoms with van der Waals surface area (Å²) in [4.78, 5) is 11.3. The summed E-state index contributed by atoms with van der Waals surface area (Å²) in [6, 6.07) is 0. The first-order valence-corrected chi connectivity index (χ1v) is 8.57. The largest absolute Gasteiger partial charge is 0.480 e. The Morgan fingerprint density at radius 2 is 1.95 bits per heavy atom. The molecule has 2 rings (SSSR count). The molecular weight excluding hydrogens is 280 g/mol. The van der Waals surface area contributed by atoms with Crippen molar-refractivity contribution < 1.29 is 23.6 Å². The third kappa shape index (κ3) is 3.40. The molecule has 0 bridgehead atoms. The van der Waals surface area contributed by atoms with Gasteiger partial charge in [0.2, 0.25) is 0 Å². The summed E-state index contributed by atoms with van der Waals surface area (Å²) in [5, 5.41) is 8.44. The second kappa shape index (κ2) is 6.54. The number of rotatable bonds is 4. The maximum absolute atomic E-state index is 12.7. The van der Waals surface area contributed by atoms with Crippen molar-refractivity contribution in [1.29, 1.82) is 0 Å². The van der Waals surface area contributed by atoms with Crippen LogP contribution in [0.5, 0.6) is 0 Å². The van der Waals surface area contributed by atoms with Gasteiger partial charge in [0.1, 0.15) is 5.25 Å². The zero-order valence-electron chi connectivity index (χ0n) is 12.2. The van der Waals surface area contributed by atoms with E-state index in [4.69, 9.17) is 9.47 Å². The van der Waals surface area contributed by atoms with Gasteiger partial charge >= 0.3 is 5.97 Å². The normalized spacial score (nSPS) is 29.2. The van der Waals surface area contributed by atoms with Crippen LogP contribution in [-0.4, -0.2) is 51.2 Å². The van der Waals surface area contributed by atoms with Crippen LogP contribution in [0.2, 0.25) is 0 Å². The second-order valence-corrected chi connectivity index (χ2v) is 7.92. The van der Waals surface area contributed by atoms with E-state index < -0.39 is 22.0 Å². The maximum Gasteiger partial charge on any atom is 0.319 e. The summed E-state index contributed by atoms with van der Waals surface area (Å²) >= 11 is 0. The minimum absolute atomic E-state index is 0.0784. The van der Waals surface area contributed by atoms with Gasteiger partial charge in [0.15, 0.2) is 0 Å². The fourth-order valence-electron chi connectivity index (χ4n) is 3.13. The second-order valence-electron chi connectivity index (χ2n) is 6.09. The standard InChI is InChI=1S/C14H24O5S/c1-10(2)12(13(15)16)20(17)11-3-6-19-14(9-11)4-7-18-8-5-14/h10-12H,3-9H2,1-2H3,(H,15,16). The third-order valence-electron chi connectivity index (χ3n) is 4.28. The molecule has 0 saturated carbocycles. The molecular formula is C14H24O5S. The molecule has 2 aliphatic heterocycles. The zero-order chi connectivity index (χ0) is 14.8. The SMILES string of the molecule is CC(C)C(C(=O)O)S(=O)C1CCOC2(CCOCC2)C1. The Morgan fingerprint density at radius 1 is 1.30 bits per heavy atom. The van der Waals surface area contributed by atoms with Crippen LogP contribution < -0.4 is 0 Å². The molecule has 0 aliphatic carbocycles. The predicted octanol–water partition coefficient (Wildman–Crippen LogP) is 1.57. The molecule has 3 atom stereocenters. The van der Waals surface area contributed by atoms with Gasteiger partial charge in [-0.05, 0) is 31.6 Å². The van der Waals surface area contributed by atoms with E-state index >= 15 is 0 Å². The highest BCUT2D eigenvalue weighted by Crippen LogP contribution is 2.37.